The van der Waals surface area contributed by atoms with E-state index in [4.69, 9.17) is 0 Å². The molecule has 0 rings (SSSR count). The summed E-state index contributed by atoms with van der Waals surface area (Å²) in [5, 5.41) is 0. The van der Waals surface area contributed by atoms with Crippen LogP contribution in [0.5, 0.6) is 0 Å². The Morgan fingerprint density at radius 2 is 0.375 bits per heavy atom. The zero-order valence-corrected chi connectivity index (χ0v) is 13.9. The first-order valence-corrected chi connectivity index (χ1v) is 0. The quantitative estimate of drug-likeness (QED) is 0.585. The van der Waals surface area contributed by atoms with E-state index in [9.17, 15) is 0 Å². The van der Waals surface area contributed by atoms with Crippen molar-refractivity contribution >= 4 is 126 Å². The van der Waals surface area contributed by atoms with Gasteiger partial charge in [-0.15, -0.1) is 74.4 Å². The Morgan fingerprint density at radius 1 is 0.375 bits per heavy atom. The average Bonchev–Trinajstić information content (AvgIpc) is 0. The third kappa shape index (κ3) is 50.1. The summed E-state index contributed by atoms with van der Waals surface area (Å²) in [6.07, 6.45) is 0. The molecule has 0 aliphatic rings. The molecule has 0 aromatic carbocycles. The van der Waals surface area contributed by atoms with Crippen LogP contribution in [0.4, 0.5) is 0 Å². The molecule has 0 saturated heterocycles. The van der Waals surface area contributed by atoms with E-state index in [1.54, 1.807) is 0 Å². The van der Waals surface area contributed by atoms with E-state index in [2.05, 4.69) is 0 Å². The van der Waals surface area contributed by atoms with Crippen molar-refractivity contribution in [3.05, 3.63) is 0 Å². The molecule has 0 spiro atoms. The van der Waals surface area contributed by atoms with Gasteiger partial charge in [0.2, 0.25) is 0 Å². The van der Waals surface area contributed by atoms with E-state index < -0.39 is 0 Å². The van der Waals surface area contributed by atoms with Crippen molar-refractivity contribution in [2.24, 2.45) is 0 Å². The van der Waals surface area contributed by atoms with E-state index >= 15 is 0 Å². The van der Waals surface area contributed by atoms with Crippen molar-refractivity contribution in [3.8, 4) is 0 Å². The van der Waals surface area contributed by atoms with Crippen molar-refractivity contribution < 1.29 is 21.1 Å². The van der Waals surface area contributed by atoms with Gasteiger partial charge < -0.3 is 0 Å². The molecule has 0 saturated carbocycles. The van der Waals surface area contributed by atoms with E-state index in [-0.39, 0.29) is 147 Å². The molecule has 0 aliphatic heterocycles. The van der Waals surface area contributed by atoms with Crippen LogP contribution in [0.1, 0.15) is 0 Å². The van der Waals surface area contributed by atoms with Crippen LogP contribution in [0.2, 0.25) is 0 Å². The first-order chi connectivity index (χ1) is 0. The van der Waals surface area contributed by atoms with Gasteiger partial charge in [0.1, 0.15) is 0 Å². The van der Waals surface area contributed by atoms with Crippen LogP contribution < -0.4 is 0 Å². The van der Waals surface area contributed by atoms with Gasteiger partial charge in [-0.25, -0.2) is 0 Å². The Bertz CT molecular complexity index is 8.49. The molecule has 0 heterocycles. The molecule has 0 fully saturated rings. The molecule has 0 nitrogen and oxygen atoms in total. The topological polar surface area (TPSA) is 0 Å². The largest absolute Gasteiger partial charge is 0.147 e. The summed E-state index contributed by atoms with van der Waals surface area (Å²) in [4.78, 5) is 0. The Kier molecular flexibility index (Phi) is 758. The molecule has 0 aromatic rings. The van der Waals surface area contributed by atoms with E-state index in [0.29, 0.717) is 0 Å². The molecule has 0 atom stereocenters. The Morgan fingerprint density at radius 3 is 0.375 bits per heavy atom. The van der Waals surface area contributed by atoms with Crippen LogP contribution in [-0.4, -0.2) is 51.4 Å². The van der Waals surface area contributed by atoms with Gasteiger partial charge in [0, 0.05) is 72.4 Å². The fourth-order valence-corrected chi connectivity index (χ4v) is 0. The molecule has 0 unspecified atom stereocenters. The molecule has 55 valence electrons. The zero-order chi connectivity index (χ0) is 0. The van der Waals surface area contributed by atoms with Gasteiger partial charge in [-0.2, -0.15) is 0 Å². The van der Waals surface area contributed by atoms with Gasteiger partial charge >= 0.3 is 0 Å². The second kappa shape index (κ2) is 67.8. The Balaban J connectivity index is 0. The maximum atomic E-state index is 0. The van der Waals surface area contributed by atoms with E-state index in [1.807, 2.05) is 0 Å². The van der Waals surface area contributed by atoms with Gasteiger partial charge in [0.05, 0.1) is 0 Å². The van der Waals surface area contributed by atoms with Crippen molar-refractivity contribution in [2.45, 2.75) is 0 Å². The second-order valence-corrected chi connectivity index (χ2v) is 0. The minimum absolute atomic E-state index is 0. The smallest absolute Gasteiger partial charge is 0 e. The average molecular weight is 354 g/mol. The SMILES string of the molecule is Cl.Cl.Cl.Cl.Cl.Cl.[K].[Mo]. The number of hydrogen-bond donors (Lipinski definition) is 0. The molecule has 8 heteroatoms. The third-order valence-corrected chi connectivity index (χ3v) is 0. The summed E-state index contributed by atoms with van der Waals surface area (Å²) < 4.78 is 0. The molecule has 0 amide bonds. The molecule has 8 heavy (non-hydrogen) atoms. The van der Waals surface area contributed by atoms with Crippen LogP contribution in [0.15, 0.2) is 0 Å². The van der Waals surface area contributed by atoms with Gasteiger partial charge in [-0.1, -0.05) is 0 Å². The van der Waals surface area contributed by atoms with Crippen molar-refractivity contribution in [3.63, 3.8) is 0 Å². The molecule has 0 N–H and O–H groups in total. The van der Waals surface area contributed by atoms with Crippen molar-refractivity contribution in [1.82, 2.24) is 0 Å². The predicted molar refractivity (Wildman–Crippen MR) is 49.2 cm³/mol. The fraction of sp³-hybridized carbons (Fsp3) is 0. The van der Waals surface area contributed by atoms with Crippen LogP contribution in [0.25, 0.3) is 0 Å². The van der Waals surface area contributed by atoms with Crippen molar-refractivity contribution in [2.75, 3.05) is 0 Å². The Labute approximate surface area is 144 Å². The third-order valence-electron chi connectivity index (χ3n) is 0. The number of halogens is 6. The van der Waals surface area contributed by atoms with Crippen LogP contribution in [0, 0.1) is 0 Å². The minimum atomic E-state index is 0. The Hall–Kier alpha value is 4.06. The van der Waals surface area contributed by atoms with E-state index in [1.165, 1.54) is 0 Å². The number of hydrogen-bond acceptors (Lipinski definition) is 0. The fourth-order valence-electron chi connectivity index (χ4n) is 0. The molecule has 0 bridgehead atoms. The summed E-state index contributed by atoms with van der Waals surface area (Å²) in [5.74, 6) is 0. The van der Waals surface area contributed by atoms with Gasteiger partial charge in [0.15, 0.2) is 0 Å². The standard InChI is InChI=1S/6ClH.K.Mo/h6*1H;;. The van der Waals surface area contributed by atoms with Gasteiger partial charge in [0.25, 0.3) is 0 Å². The molecular weight excluding hydrogens is 348 g/mol. The monoisotopic (exact) mass is 353 g/mol. The first kappa shape index (κ1) is 89.4. The molecule has 1 radical (unpaired) electrons. The number of rotatable bonds is 0. The van der Waals surface area contributed by atoms with Crippen LogP contribution in [-0.2, 0) is 21.1 Å². The van der Waals surface area contributed by atoms with E-state index in [0.717, 1.165) is 0 Å². The minimum Gasteiger partial charge on any atom is -0.147 e. The summed E-state index contributed by atoms with van der Waals surface area (Å²) in [6.45, 7) is 0. The normalized spacial score (nSPS) is 0. The van der Waals surface area contributed by atoms with Gasteiger partial charge in [-0.05, 0) is 0 Å². The van der Waals surface area contributed by atoms with Gasteiger partial charge in [-0.3, -0.25) is 0 Å². The first-order valence-electron chi connectivity index (χ1n) is 0. The van der Waals surface area contributed by atoms with Crippen molar-refractivity contribution in [1.29, 1.82) is 0 Å². The molecule has 0 aromatic heterocycles. The summed E-state index contributed by atoms with van der Waals surface area (Å²) in [5.41, 5.74) is 0. The summed E-state index contributed by atoms with van der Waals surface area (Å²) in [6, 6.07) is 0. The predicted octanol–water partition coefficient (Wildman–Crippen LogP) is 2.15. The summed E-state index contributed by atoms with van der Waals surface area (Å²) >= 11 is 0. The van der Waals surface area contributed by atoms with Crippen LogP contribution in [0.3, 0.4) is 0 Å². The molecular formula is H6Cl6KMo. The maximum absolute atomic E-state index is 0. The molecule has 0 aliphatic carbocycles. The second-order valence-electron chi connectivity index (χ2n) is 0. The zero-order valence-electron chi connectivity index (χ0n) is 3.86. The summed E-state index contributed by atoms with van der Waals surface area (Å²) in [7, 11) is 0. The van der Waals surface area contributed by atoms with Crippen LogP contribution >= 0.6 is 74.4 Å². The maximum Gasteiger partial charge on any atom is 0 e.